The fraction of sp³-hybridized carbons (Fsp3) is 0.467. The zero-order valence-electron chi connectivity index (χ0n) is 12.4. The molecule has 0 saturated carbocycles. The van der Waals surface area contributed by atoms with Crippen LogP contribution in [0.5, 0.6) is 0 Å². The lowest BCUT2D eigenvalue weighted by atomic mass is 10.2. The minimum Gasteiger partial charge on any atom is -0.348 e. The van der Waals surface area contributed by atoms with Crippen LogP contribution in [-0.2, 0) is 6.54 Å². The fourth-order valence-corrected chi connectivity index (χ4v) is 3.99. The van der Waals surface area contributed by atoms with Gasteiger partial charge in [-0.05, 0) is 33.3 Å². The lowest BCUT2D eigenvalue weighted by molar-refractivity contribution is 0.102. The number of hydrogen-bond donors (Lipinski definition) is 0. The Kier molecular flexibility index (Phi) is 5.05. The summed E-state index contributed by atoms with van der Waals surface area (Å²) in [5.41, 5.74) is 4.14. The summed E-state index contributed by atoms with van der Waals surface area (Å²) in [6.45, 7) is 9.20. The smallest absolute Gasteiger partial charge is 0.174 e. The van der Waals surface area contributed by atoms with Gasteiger partial charge < -0.3 is 4.57 Å². The van der Waals surface area contributed by atoms with Crippen molar-refractivity contribution in [2.75, 3.05) is 5.75 Å². The SMILES string of the molecule is CCCn1c(C)cc(C(=O)CSc2nc(C)cs2)c1C. The Morgan fingerprint density at radius 2 is 2.15 bits per heavy atom. The summed E-state index contributed by atoms with van der Waals surface area (Å²) in [6.07, 6.45) is 1.08. The molecule has 0 fully saturated rings. The Morgan fingerprint density at radius 3 is 2.75 bits per heavy atom. The van der Waals surface area contributed by atoms with Gasteiger partial charge in [0.25, 0.3) is 0 Å². The molecule has 5 heteroatoms. The summed E-state index contributed by atoms with van der Waals surface area (Å²) in [5, 5.41) is 2.01. The maximum atomic E-state index is 12.4. The Bertz CT molecular complexity index is 613. The molecule has 0 radical (unpaired) electrons. The molecule has 0 spiro atoms. The number of aryl methyl sites for hydroxylation is 2. The van der Waals surface area contributed by atoms with Crippen LogP contribution >= 0.6 is 23.1 Å². The van der Waals surface area contributed by atoms with Gasteiger partial charge in [0, 0.05) is 34.6 Å². The Labute approximate surface area is 128 Å². The van der Waals surface area contributed by atoms with Gasteiger partial charge in [-0.3, -0.25) is 4.79 Å². The maximum Gasteiger partial charge on any atom is 0.174 e. The summed E-state index contributed by atoms with van der Waals surface area (Å²) in [6, 6.07) is 2.01. The summed E-state index contributed by atoms with van der Waals surface area (Å²) in [5.74, 6) is 0.655. The molecule has 20 heavy (non-hydrogen) atoms. The third-order valence-electron chi connectivity index (χ3n) is 3.25. The minimum atomic E-state index is 0.193. The van der Waals surface area contributed by atoms with E-state index >= 15 is 0 Å². The number of hydrogen-bond acceptors (Lipinski definition) is 4. The van der Waals surface area contributed by atoms with Crippen molar-refractivity contribution in [2.24, 2.45) is 0 Å². The molecule has 0 saturated heterocycles. The van der Waals surface area contributed by atoms with Gasteiger partial charge in [0.2, 0.25) is 0 Å². The average molecular weight is 308 g/mol. The molecule has 0 aliphatic carbocycles. The number of nitrogens with zero attached hydrogens (tertiary/aromatic N) is 2. The molecule has 2 aromatic rings. The van der Waals surface area contributed by atoms with Crippen LogP contribution in [0.25, 0.3) is 0 Å². The van der Waals surface area contributed by atoms with E-state index < -0.39 is 0 Å². The van der Waals surface area contributed by atoms with Gasteiger partial charge in [0.05, 0.1) is 5.75 Å². The molecule has 0 aliphatic heterocycles. The van der Waals surface area contributed by atoms with Crippen molar-refractivity contribution in [3.8, 4) is 0 Å². The van der Waals surface area contributed by atoms with Crippen molar-refractivity contribution >= 4 is 28.9 Å². The highest BCUT2D eigenvalue weighted by Gasteiger charge is 2.16. The number of Topliss-reactive ketones (excluding diaryl/α,β-unsaturated/α-hetero) is 1. The van der Waals surface area contributed by atoms with Crippen LogP contribution in [0.15, 0.2) is 15.8 Å². The second kappa shape index (κ2) is 6.59. The van der Waals surface area contributed by atoms with Crippen molar-refractivity contribution in [3.63, 3.8) is 0 Å². The van der Waals surface area contributed by atoms with E-state index in [0.29, 0.717) is 5.75 Å². The van der Waals surface area contributed by atoms with Crippen molar-refractivity contribution in [1.29, 1.82) is 0 Å². The maximum absolute atomic E-state index is 12.4. The second-order valence-electron chi connectivity index (χ2n) is 4.90. The highest BCUT2D eigenvalue weighted by molar-refractivity contribution is 8.01. The molecule has 2 aromatic heterocycles. The molecule has 0 aliphatic rings. The first-order valence-electron chi connectivity index (χ1n) is 6.77. The van der Waals surface area contributed by atoms with E-state index in [9.17, 15) is 4.79 Å². The molecule has 3 nitrogen and oxygen atoms in total. The van der Waals surface area contributed by atoms with Gasteiger partial charge in [0.1, 0.15) is 0 Å². The number of aromatic nitrogens is 2. The van der Waals surface area contributed by atoms with Crippen LogP contribution in [0, 0.1) is 20.8 Å². The van der Waals surface area contributed by atoms with Crippen LogP contribution in [0.4, 0.5) is 0 Å². The first-order chi connectivity index (χ1) is 9.52. The van der Waals surface area contributed by atoms with Crippen LogP contribution in [0.1, 0.15) is 40.8 Å². The van der Waals surface area contributed by atoms with Gasteiger partial charge in [-0.2, -0.15) is 0 Å². The molecule has 108 valence electrons. The molecule has 2 rings (SSSR count). The summed E-state index contributed by atoms with van der Waals surface area (Å²) in [7, 11) is 0. The van der Waals surface area contributed by atoms with E-state index in [1.165, 1.54) is 17.5 Å². The first kappa shape index (κ1) is 15.3. The van der Waals surface area contributed by atoms with E-state index in [1.807, 2.05) is 25.3 Å². The zero-order valence-corrected chi connectivity index (χ0v) is 14.0. The Balaban J connectivity index is 2.07. The Morgan fingerprint density at radius 1 is 1.40 bits per heavy atom. The van der Waals surface area contributed by atoms with E-state index in [4.69, 9.17) is 0 Å². The summed E-state index contributed by atoms with van der Waals surface area (Å²) in [4.78, 5) is 16.7. The van der Waals surface area contributed by atoms with Crippen LogP contribution in [0.3, 0.4) is 0 Å². The number of rotatable bonds is 6. The molecule has 0 bridgehead atoms. The zero-order chi connectivity index (χ0) is 14.7. The number of thiazole rings is 1. The number of carbonyl (C=O) groups excluding carboxylic acids is 1. The van der Waals surface area contributed by atoms with Crippen LogP contribution in [-0.4, -0.2) is 21.1 Å². The van der Waals surface area contributed by atoms with E-state index in [1.54, 1.807) is 11.3 Å². The van der Waals surface area contributed by atoms with E-state index in [2.05, 4.69) is 23.4 Å². The largest absolute Gasteiger partial charge is 0.348 e. The molecular formula is C15H20N2OS2. The van der Waals surface area contributed by atoms with Gasteiger partial charge >= 0.3 is 0 Å². The number of carbonyl (C=O) groups is 1. The number of ketones is 1. The summed E-state index contributed by atoms with van der Waals surface area (Å²) >= 11 is 3.13. The van der Waals surface area contributed by atoms with Crippen molar-refractivity contribution in [2.45, 2.75) is 45.0 Å². The molecule has 0 amide bonds. The highest BCUT2D eigenvalue weighted by atomic mass is 32.2. The molecular weight excluding hydrogens is 288 g/mol. The lowest BCUT2D eigenvalue weighted by Crippen LogP contribution is -2.06. The highest BCUT2D eigenvalue weighted by Crippen LogP contribution is 2.24. The van der Waals surface area contributed by atoms with Crippen LogP contribution in [0.2, 0.25) is 0 Å². The monoisotopic (exact) mass is 308 g/mol. The lowest BCUT2D eigenvalue weighted by Gasteiger charge is -2.07. The fourth-order valence-electron chi connectivity index (χ4n) is 2.25. The average Bonchev–Trinajstić information content (AvgIpc) is 2.94. The third kappa shape index (κ3) is 3.33. The van der Waals surface area contributed by atoms with Crippen molar-refractivity contribution < 1.29 is 4.79 Å². The van der Waals surface area contributed by atoms with Crippen LogP contribution < -0.4 is 0 Å². The van der Waals surface area contributed by atoms with Crippen molar-refractivity contribution in [3.05, 3.63) is 34.1 Å². The first-order valence-corrected chi connectivity index (χ1v) is 8.64. The predicted octanol–water partition coefficient (Wildman–Crippen LogP) is 4.25. The quantitative estimate of drug-likeness (QED) is 0.591. The second-order valence-corrected chi connectivity index (χ2v) is 6.98. The van der Waals surface area contributed by atoms with Gasteiger partial charge in [-0.1, -0.05) is 18.7 Å². The molecule has 0 N–H and O–H groups in total. The van der Waals surface area contributed by atoms with Gasteiger partial charge in [-0.15, -0.1) is 11.3 Å². The van der Waals surface area contributed by atoms with Crippen molar-refractivity contribution in [1.82, 2.24) is 9.55 Å². The Hall–Kier alpha value is -1.07. The van der Waals surface area contributed by atoms with Gasteiger partial charge in [0.15, 0.2) is 10.1 Å². The molecule has 0 aromatic carbocycles. The molecule has 2 heterocycles. The third-order valence-corrected chi connectivity index (χ3v) is 5.38. The van der Waals surface area contributed by atoms with E-state index in [0.717, 1.165) is 34.3 Å². The predicted molar refractivity (Wildman–Crippen MR) is 86.1 cm³/mol. The topological polar surface area (TPSA) is 34.9 Å². The number of thioether (sulfide) groups is 1. The standard InChI is InChI=1S/C15H20N2OS2/c1-5-6-17-11(3)7-13(12(17)4)14(18)9-20-15-16-10(2)8-19-15/h7-8H,5-6,9H2,1-4H3. The summed E-state index contributed by atoms with van der Waals surface area (Å²) < 4.78 is 3.20. The molecule has 0 unspecified atom stereocenters. The normalized spacial score (nSPS) is 11.0. The van der Waals surface area contributed by atoms with Gasteiger partial charge in [-0.25, -0.2) is 4.98 Å². The molecule has 0 atom stereocenters. The minimum absolute atomic E-state index is 0.193. The van der Waals surface area contributed by atoms with E-state index in [-0.39, 0.29) is 5.78 Å².